The van der Waals surface area contributed by atoms with E-state index in [-0.39, 0.29) is 41.0 Å². The van der Waals surface area contributed by atoms with E-state index in [1.807, 2.05) is 0 Å². The summed E-state index contributed by atoms with van der Waals surface area (Å²) < 4.78 is 15.5. The molecule has 25 heavy (non-hydrogen) atoms. The number of Topliss-reactive ketones (excluding diaryl/α,β-unsaturated/α-hetero) is 1. The van der Waals surface area contributed by atoms with Crippen LogP contribution in [0.15, 0.2) is 24.3 Å². The maximum absolute atomic E-state index is 12.8. The highest BCUT2D eigenvalue weighted by atomic mass is 16.5. The van der Waals surface area contributed by atoms with Crippen LogP contribution >= 0.6 is 0 Å². The zero-order valence-electron chi connectivity index (χ0n) is 13.8. The third kappa shape index (κ3) is 2.88. The minimum atomic E-state index is -0.541. The number of aromatic hydroxyl groups is 3. The van der Waals surface area contributed by atoms with Gasteiger partial charge in [0.25, 0.3) is 0 Å². The molecule has 1 aliphatic heterocycles. The molecule has 2 aromatic carbocycles. The number of ether oxygens (including phenoxy) is 3. The second-order valence-corrected chi connectivity index (χ2v) is 5.73. The fourth-order valence-corrected chi connectivity index (χ4v) is 2.94. The first-order chi connectivity index (χ1) is 12.0. The molecule has 0 aliphatic carbocycles. The Bertz CT molecular complexity index is 829. The molecular formula is C18H18O7. The Morgan fingerprint density at radius 1 is 1.12 bits per heavy atom. The molecule has 1 atom stereocenters. The average molecular weight is 346 g/mol. The molecule has 0 saturated carbocycles. The van der Waals surface area contributed by atoms with Crippen molar-refractivity contribution in [3.63, 3.8) is 0 Å². The Morgan fingerprint density at radius 2 is 1.88 bits per heavy atom. The van der Waals surface area contributed by atoms with Gasteiger partial charge in [-0.25, -0.2) is 0 Å². The fraction of sp³-hybridized carbons (Fsp3) is 0.278. The number of methoxy groups -OCH3 is 2. The van der Waals surface area contributed by atoms with Crippen LogP contribution in [0.4, 0.5) is 0 Å². The first-order valence-electron chi connectivity index (χ1n) is 7.62. The van der Waals surface area contributed by atoms with E-state index in [0.29, 0.717) is 12.2 Å². The van der Waals surface area contributed by atoms with E-state index < -0.39 is 11.7 Å². The van der Waals surface area contributed by atoms with Gasteiger partial charge in [-0.3, -0.25) is 4.79 Å². The van der Waals surface area contributed by atoms with E-state index in [2.05, 4.69) is 0 Å². The number of ketones is 1. The van der Waals surface area contributed by atoms with Crippen molar-refractivity contribution in [3.05, 3.63) is 35.4 Å². The lowest BCUT2D eigenvalue weighted by molar-refractivity contribution is 0.0824. The molecule has 0 fully saturated rings. The molecule has 0 spiro atoms. The third-order valence-corrected chi connectivity index (χ3v) is 4.19. The lowest BCUT2D eigenvalue weighted by atomic mass is 9.88. The zero-order valence-corrected chi connectivity index (χ0v) is 13.8. The molecule has 0 radical (unpaired) electrons. The van der Waals surface area contributed by atoms with Crippen molar-refractivity contribution in [2.24, 2.45) is 5.92 Å². The van der Waals surface area contributed by atoms with E-state index in [1.165, 1.54) is 26.4 Å². The summed E-state index contributed by atoms with van der Waals surface area (Å²) in [5.41, 5.74) is 0.720. The number of fused-ring (bicyclic) bond motifs is 1. The molecule has 1 aliphatic rings. The average Bonchev–Trinajstić information content (AvgIpc) is 2.57. The summed E-state index contributed by atoms with van der Waals surface area (Å²) in [6, 6.07) is 6.14. The molecule has 0 aromatic heterocycles. The second-order valence-electron chi connectivity index (χ2n) is 5.73. The summed E-state index contributed by atoms with van der Waals surface area (Å²) in [4.78, 5) is 12.8. The molecule has 132 valence electrons. The highest BCUT2D eigenvalue weighted by Gasteiger charge is 2.34. The van der Waals surface area contributed by atoms with Gasteiger partial charge < -0.3 is 29.5 Å². The van der Waals surface area contributed by atoms with Gasteiger partial charge in [0.2, 0.25) is 5.75 Å². The van der Waals surface area contributed by atoms with Gasteiger partial charge in [0.15, 0.2) is 28.8 Å². The number of benzene rings is 2. The third-order valence-electron chi connectivity index (χ3n) is 4.19. The van der Waals surface area contributed by atoms with Gasteiger partial charge in [0.1, 0.15) is 11.3 Å². The largest absolute Gasteiger partial charge is 0.504 e. The minimum Gasteiger partial charge on any atom is -0.504 e. The number of rotatable bonds is 4. The summed E-state index contributed by atoms with van der Waals surface area (Å²) in [6.07, 6.45) is 0.318. The number of hydrogen-bond acceptors (Lipinski definition) is 7. The standard InChI is InChI=1S/C18H18O7/c1-23-13-4-3-9(6-11(13)19)5-10-8-25-14-7-12(20)18(24-2)17(22)15(14)16(10)21/h3-4,6-7,10,19-20,22H,5,8H2,1-2H3/t10-/m1/s1. The van der Waals surface area contributed by atoms with Gasteiger partial charge in [-0.2, -0.15) is 0 Å². The highest BCUT2D eigenvalue weighted by Crippen LogP contribution is 2.46. The van der Waals surface area contributed by atoms with Crippen LogP contribution in [0.3, 0.4) is 0 Å². The maximum Gasteiger partial charge on any atom is 0.203 e. The van der Waals surface area contributed by atoms with E-state index in [1.54, 1.807) is 12.1 Å². The van der Waals surface area contributed by atoms with Gasteiger partial charge in [-0.15, -0.1) is 0 Å². The first-order valence-corrected chi connectivity index (χ1v) is 7.62. The second kappa shape index (κ2) is 6.43. The summed E-state index contributed by atoms with van der Waals surface area (Å²) in [6.45, 7) is 0.101. The van der Waals surface area contributed by atoms with Gasteiger partial charge in [0, 0.05) is 6.07 Å². The number of phenolic OH excluding ortho intramolecular Hbond substituents is 3. The van der Waals surface area contributed by atoms with Gasteiger partial charge in [-0.05, 0) is 24.1 Å². The summed E-state index contributed by atoms with van der Waals surface area (Å²) in [5, 5.41) is 29.9. The van der Waals surface area contributed by atoms with Crippen molar-refractivity contribution in [1.29, 1.82) is 0 Å². The van der Waals surface area contributed by atoms with E-state index in [9.17, 15) is 20.1 Å². The van der Waals surface area contributed by atoms with Crippen molar-refractivity contribution in [3.8, 4) is 34.5 Å². The lowest BCUT2D eigenvalue weighted by Gasteiger charge is -2.25. The number of carbonyl (C=O) groups is 1. The Kier molecular flexibility index (Phi) is 4.31. The molecule has 0 amide bonds. The van der Waals surface area contributed by atoms with Crippen LogP contribution < -0.4 is 14.2 Å². The Balaban J connectivity index is 1.90. The number of carbonyl (C=O) groups excluding carboxylic acids is 1. The molecule has 7 nitrogen and oxygen atoms in total. The van der Waals surface area contributed by atoms with Crippen molar-refractivity contribution < 1.29 is 34.3 Å². The van der Waals surface area contributed by atoms with Crippen molar-refractivity contribution in [2.45, 2.75) is 6.42 Å². The van der Waals surface area contributed by atoms with Crippen LogP contribution in [-0.4, -0.2) is 41.9 Å². The monoisotopic (exact) mass is 346 g/mol. The molecule has 1 heterocycles. The fourth-order valence-electron chi connectivity index (χ4n) is 2.94. The molecule has 3 N–H and O–H groups in total. The molecule has 0 bridgehead atoms. The molecular weight excluding hydrogens is 328 g/mol. The predicted octanol–water partition coefficient (Wildman–Crippen LogP) is 2.25. The van der Waals surface area contributed by atoms with E-state index in [0.717, 1.165) is 5.56 Å². The van der Waals surface area contributed by atoms with Crippen LogP contribution in [0.1, 0.15) is 15.9 Å². The topological polar surface area (TPSA) is 105 Å². The van der Waals surface area contributed by atoms with Crippen LogP contribution in [0, 0.1) is 5.92 Å². The Labute approximate surface area is 144 Å². The van der Waals surface area contributed by atoms with Crippen LogP contribution in [0.2, 0.25) is 0 Å². The Hall–Kier alpha value is -3.09. The van der Waals surface area contributed by atoms with Crippen LogP contribution in [0.5, 0.6) is 34.5 Å². The van der Waals surface area contributed by atoms with Gasteiger partial charge in [0.05, 0.1) is 26.7 Å². The lowest BCUT2D eigenvalue weighted by Crippen LogP contribution is -2.29. The van der Waals surface area contributed by atoms with Crippen LogP contribution in [-0.2, 0) is 6.42 Å². The smallest absolute Gasteiger partial charge is 0.203 e. The quantitative estimate of drug-likeness (QED) is 0.780. The minimum absolute atomic E-state index is 0.0105. The normalized spacial score (nSPS) is 16.1. The molecule has 3 rings (SSSR count). The first kappa shape index (κ1) is 16.8. The summed E-state index contributed by atoms with van der Waals surface area (Å²) in [7, 11) is 2.74. The van der Waals surface area contributed by atoms with E-state index >= 15 is 0 Å². The van der Waals surface area contributed by atoms with Crippen molar-refractivity contribution >= 4 is 5.78 Å². The molecule has 0 unspecified atom stereocenters. The summed E-state index contributed by atoms with van der Waals surface area (Å²) in [5.74, 6) is -1.31. The number of hydrogen-bond donors (Lipinski definition) is 3. The van der Waals surface area contributed by atoms with Crippen LogP contribution in [0.25, 0.3) is 0 Å². The molecule has 2 aromatic rings. The van der Waals surface area contributed by atoms with Gasteiger partial charge >= 0.3 is 0 Å². The molecule has 7 heteroatoms. The maximum atomic E-state index is 12.8. The zero-order chi connectivity index (χ0) is 18.1. The van der Waals surface area contributed by atoms with Crippen molar-refractivity contribution in [2.75, 3.05) is 20.8 Å². The summed E-state index contributed by atoms with van der Waals surface area (Å²) >= 11 is 0. The van der Waals surface area contributed by atoms with Gasteiger partial charge in [-0.1, -0.05) is 6.07 Å². The number of phenols is 3. The SMILES string of the molecule is COc1ccc(C[C@@H]2COc3cc(O)c(OC)c(O)c3C2=O)cc1O. The van der Waals surface area contributed by atoms with E-state index in [4.69, 9.17) is 14.2 Å². The Morgan fingerprint density at radius 3 is 2.52 bits per heavy atom. The van der Waals surface area contributed by atoms with Crippen molar-refractivity contribution in [1.82, 2.24) is 0 Å². The molecule has 0 saturated heterocycles. The highest BCUT2D eigenvalue weighted by molar-refractivity contribution is 6.05. The predicted molar refractivity (Wildman–Crippen MR) is 88.0 cm³/mol.